The number of benzene rings is 1. The van der Waals surface area contributed by atoms with Crippen molar-refractivity contribution in [2.24, 2.45) is 0 Å². The maximum absolute atomic E-state index is 11.7. The Morgan fingerprint density at radius 2 is 1.60 bits per heavy atom. The van der Waals surface area contributed by atoms with Gasteiger partial charge in [0.25, 0.3) is 0 Å². The second kappa shape index (κ2) is 5.70. The maximum Gasteiger partial charge on any atom is 0.325 e. The van der Waals surface area contributed by atoms with Crippen LogP contribution >= 0.6 is 0 Å². The summed E-state index contributed by atoms with van der Waals surface area (Å²) in [5.74, 6) is 0. The van der Waals surface area contributed by atoms with Gasteiger partial charge >= 0.3 is 5.69 Å². The standard InChI is InChI=1S/C20H18N4O/c1-11-6-4-5-7-14(11)18-15(17-12(2)9-21-10-13(17)3)8-16-19(23-18)24-20(25)22-16/h4-10H,1-3H3,(H2,22,23,24,25). The quantitative estimate of drug-likeness (QED) is 0.585. The third-order valence-corrected chi connectivity index (χ3v) is 4.50. The fourth-order valence-corrected chi connectivity index (χ4v) is 3.33. The van der Waals surface area contributed by atoms with Crippen molar-refractivity contribution in [2.45, 2.75) is 20.8 Å². The van der Waals surface area contributed by atoms with Gasteiger partial charge in [0.05, 0.1) is 11.2 Å². The van der Waals surface area contributed by atoms with E-state index < -0.39 is 0 Å². The van der Waals surface area contributed by atoms with Gasteiger partial charge < -0.3 is 4.98 Å². The molecule has 0 aliphatic heterocycles. The van der Waals surface area contributed by atoms with Gasteiger partial charge in [-0.3, -0.25) is 9.97 Å². The highest BCUT2D eigenvalue weighted by atomic mass is 16.1. The summed E-state index contributed by atoms with van der Waals surface area (Å²) in [5, 5.41) is 0. The zero-order chi connectivity index (χ0) is 17.6. The van der Waals surface area contributed by atoms with Crippen molar-refractivity contribution < 1.29 is 0 Å². The zero-order valence-electron chi connectivity index (χ0n) is 14.3. The minimum atomic E-state index is -0.251. The summed E-state index contributed by atoms with van der Waals surface area (Å²) in [5.41, 5.74) is 8.32. The summed E-state index contributed by atoms with van der Waals surface area (Å²) in [6.45, 7) is 6.15. The SMILES string of the molecule is Cc1ccccc1-c1nc2[nH]c(=O)[nH]c2cc1-c1c(C)cncc1C. The number of H-pyrrole nitrogens is 2. The van der Waals surface area contributed by atoms with Gasteiger partial charge in [-0.15, -0.1) is 0 Å². The number of aromatic amines is 2. The normalized spacial score (nSPS) is 11.2. The number of pyridine rings is 2. The van der Waals surface area contributed by atoms with Gasteiger partial charge in [0.1, 0.15) is 0 Å². The molecule has 5 heteroatoms. The van der Waals surface area contributed by atoms with E-state index in [0.717, 1.165) is 39.1 Å². The maximum atomic E-state index is 11.7. The van der Waals surface area contributed by atoms with Crippen LogP contribution in [-0.4, -0.2) is 19.9 Å². The van der Waals surface area contributed by atoms with Gasteiger partial charge in [0, 0.05) is 23.5 Å². The lowest BCUT2D eigenvalue weighted by Gasteiger charge is -2.15. The lowest BCUT2D eigenvalue weighted by molar-refractivity contribution is 1.20. The molecule has 0 saturated heterocycles. The van der Waals surface area contributed by atoms with Crippen LogP contribution in [0, 0.1) is 20.8 Å². The third kappa shape index (κ3) is 2.54. The molecule has 3 heterocycles. The predicted octanol–water partition coefficient (Wildman–Crippen LogP) is 3.91. The Labute approximate surface area is 144 Å². The molecule has 0 bridgehead atoms. The Morgan fingerprint density at radius 1 is 0.880 bits per heavy atom. The molecule has 0 fully saturated rings. The molecular weight excluding hydrogens is 312 g/mol. The number of aryl methyl sites for hydroxylation is 3. The second-order valence-corrected chi connectivity index (χ2v) is 6.32. The smallest absolute Gasteiger partial charge is 0.304 e. The number of aromatic nitrogens is 4. The van der Waals surface area contributed by atoms with Crippen LogP contribution in [0.1, 0.15) is 16.7 Å². The molecule has 124 valence electrons. The first kappa shape index (κ1) is 15.3. The van der Waals surface area contributed by atoms with Crippen LogP contribution in [0.5, 0.6) is 0 Å². The van der Waals surface area contributed by atoms with E-state index in [9.17, 15) is 4.79 Å². The second-order valence-electron chi connectivity index (χ2n) is 6.32. The molecule has 0 saturated carbocycles. The van der Waals surface area contributed by atoms with Crippen LogP contribution in [0.3, 0.4) is 0 Å². The lowest BCUT2D eigenvalue weighted by atomic mass is 9.92. The minimum Gasteiger partial charge on any atom is -0.304 e. The number of nitrogens with one attached hydrogen (secondary N) is 2. The highest BCUT2D eigenvalue weighted by molar-refractivity contribution is 5.91. The third-order valence-electron chi connectivity index (χ3n) is 4.50. The van der Waals surface area contributed by atoms with Gasteiger partial charge in [-0.2, -0.15) is 0 Å². The molecule has 0 aliphatic carbocycles. The highest BCUT2D eigenvalue weighted by Gasteiger charge is 2.17. The average Bonchev–Trinajstić information content (AvgIpc) is 2.93. The first-order valence-electron chi connectivity index (χ1n) is 8.15. The number of hydrogen-bond donors (Lipinski definition) is 2. The van der Waals surface area contributed by atoms with E-state index in [4.69, 9.17) is 4.98 Å². The summed E-state index contributed by atoms with van der Waals surface area (Å²) >= 11 is 0. The monoisotopic (exact) mass is 330 g/mol. The van der Waals surface area contributed by atoms with E-state index in [-0.39, 0.29) is 5.69 Å². The van der Waals surface area contributed by atoms with E-state index in [1.165, 1.54) is 0 Å². The molecule has 0 atom stereocenters. The van der Waals surface area contributed by atoms with Crippen molar-refractivity contribution in [1.29, 1.82) is 0 Å². The molecule has 5 nitrogen and oxygen atoms in total. The Bertz CT molecular complexity index is 1130. The fourth-order valence-electron chi connectivity index (χ4n) is 3.33. The van der Waals surface area contributed by atoms with Crippen molar-refractivity contribution in [2.75, 3.05) is 0 Å². The van der Waals surface area contributed by atoms with Crippen molar-refractivity contribution >= 4 is 11.2 Å². The van der Waals surface area contributed by atoms with Crippen molar-refractivity contribution in [3.8, 4) is 22.4 Å². The van der Waals surface area contributed by atoms with E-state index in [1.807, 2.05) is 44.4 Å². The van der Waals surface area contributed by atoms with Crippen LogP contribution in [-0.2, 0) is 0 Å². The van der Waals surface area contributed by atoms with E-state index in [1.54, 1.807) is 0 Å². The molecule has 0 radical (unpaired) electrons. The molecular formula is C20H18N4O. The highest BCUT2D eigenvalue weighted by Crippen LogP contribution is 2.36. The van der Waals surface area contributed by atoms with Crippen LogP contribution in [0.2, 0.25) is 0 Å². The molecule has 3 aromatic heterocycles. The molecule has 2 N–H and O–H groups in total. The minimum absolute atomic E-state index is 0.251. The molecule has 4 aromatic rings. The van der Waals surface area contributed by atoms with Crippen LogP contribution in [0.4, 0.5) is 0 Å². The van der Waals surface area contributed by atoms with Crippen molar-refractivity contribution in [1.82, 2.24) is 19.9 Å². The molecule has 0 unspecified atom stereocenters. The Hall–Kier alpha value is -3.21. The number of fused-ring (bicyclic) bond motifs is 1. The summed E-state index contributed by atoms with van der Waals surface area (Å²) in [6, 6.07) is 10.1. The molecule has 0 amide bonds. The molecule has 0 aliphatic rings. The van der Waals surface area contributed by atoms with Gasteiger partial charge in [-0.1, -0.05) is 24.3 Å². The lowest BCUT2D eigenvalue weighted by Crippen LogP contribution is -1.99. The van der Waals surface area contributed by atoms with Crippen molar-refractivity contribution in [3.05, 3.63) is 69.9 Å². The number of rotatable bonds is 2. The Kier molecular flexibility index (Phi) is 3.50. The van der Waals surface area contributed by atoms with E-state index >= 15 is 0 Å². The van der Waals surface area contributed by atoms with Gasteiger partial charge in [-0.05, 0) is 49.1 Å². The number of imidazole rings is 1. The van der Waals surface area contributed by atoms with Gasteiger partial charge in [0.15, 0.2) is 5.65 Å². The summed E-state index contributed by atoms with van der Waals surface area (Å²) in [7, 11) is 0. The van der Waals surface area contributed by atoms with E-state index in [0.29, 0.717) is 11.2 Å². The summed E-state index contributed by atoms with van der Waals surface area (Å²) in [4.78, 5) is 26.3. The van der Waals surface area contributed by atoms with Crippen LogP contribution in [0.15, 0.2) is 47.5 Å². The Morgan fingerprint density at radius 3 is 2.32 bits per heavy atom. The molecule has 25 heavy (non-hydrogen) atoms. The largest absolute Gasteiger partial charge is 0.325 e. The molecule has 0 spiro atoms. The molecule has 1 aromatic carbocycles. The van der Waals surface area contributed by atoms with Gasteiger partial charge in [0.2, 0.25) is 0 Å². The Balaban J connectivity index is 2.13. The first-order chi connectivity index (χ1) is 12.0. The van der Waals surface area contributed by atoms with Crippen LogP contribution < -0.4 is 5.69 Å². The van der Waals surface area contributed by atoms with Crippen LogP contribution in [0.25, 0.3) is 33.5 Å². The average molecular weight is 330 g/mol. The topological polar surface area (TPSA) is 74.4 Å². The molecule has 4 rings (SSSR count). The fraction of sp³-hybridized carbons (Fsp3) is 0.150. The number of nitrogens with zero attached hydrogens (tertiary/aromatic N) is 2. The van der Waals surface area contributed by atoms with Crippen molar-refractivity contribution in [3.63, 3.8) is 0 Å². The summed E-state index contributed by atoms with van der Waals surface area (Å²) < 4.78 is 0. The first-order valence-corrected chi connectivity index (χ1v) is 8.15. The number of hydrogen-bond acceptors (Lipinski definition) is 3. The van der Waals surface area contributed by atoms with E-state index in [2.05, 4.69) is 34.0 Å². The zero-order valence-corrected chi connectivity index (χ0v) is 14.3. The van der Waals surface area contributed by atoms with Gasteiger partial charge in [-0.25, -0.2) is 9.78 Å². The summed E-state index contributed by atoms with van der Waals surface area (Å²) in [6.07, 6.45) is 3.71. The predicted molar refractivity (Wildman–Crippen MR) is 99.6 cm³/mol.